The van der Waals surface area contributed by atoms with Crippen molar-refractivity contribution in [2.45, 2.75) is 12.5 Å². The minimum atomic E-state index is -0.398. The Bertz CT molecular complexity index is 963. The highest BCUT2D eigenvalue weighted by Crippen LogP contribution is 2.36. The molecule has 0 saturated heterocycles. The number of nitrogens with zero attached hydrogens (tertiary/aromatic N) is 5. The Balaban J connectivity index is 1.73. The first-order valence-corrected chi connectivity index (χ1v) is 8.27. The summed E-state index contributed by atoms with van der Waals surface area (Å²) in [7, 11) is 1.88. The molecule has 1 atom stereocenters. The minimum absolute atomic E-state index is 0.000335. The number of aromatic nitrogens is 2. The van der Waals surface area contributed by atoms with Crippen molar-refractivity contribution in [3.8, 4) is 0 Å². The zero-order chi connectivity index (χ0) is 18.1. The number of rotatable bonds is 4. The van der Waals surface area contributed by atoms with Crippen molar-refractivity contribution in [2.24, 2.45) is 12.1 Å². The number of nitro groups is 1. The Labute approximate surface area is 150 Å². The van der Waals surface area contributed by atoms with Crippen molar-refractivity contribution in [1.29, 1.82) is 0 Å². The molecule has 1 aliphatic rings. The number of hydrogen-bond donors (Lipinski definition) is 0. The number of anilines is 1. The largest absolute Gasteiger partial charge is 0.275 e. The first-order chi connectivity index (χ1) is 12.6. The van der Waals surface area contributed by atoms with Crippen LogP contribution in [0.1, 0.15) is 23.6 Å². The number of nitro benzene ring substituents is 1. The van der Waals surface area contributed by atoms with E-state index in [0.717, 1.165) is 28.9 Å². The van der Waals surface area contributed by atoms with Gasteiger partial charge in [0.2, 0.25) is 0 Å². The van der Waals surface area contributed by atoms with E-state index in [0.29, 0.717) is 0 Å². The molecule has 0 saturated carbocycles. The van der Waals surface area contributed by atoms with E-state index in [1.54, 1.807) is 16.8 Å². The summed E-state index contributed by atoms with van der Waals surface area (Å²) in [5, 5.41) is 21.9. The Kier molecular flexibility index (Phi) is 3.96. The van der Waals surface area contributed by atoms with Gasteiger partial charge in [0, 0.05) is 37.4 Å². The van der Waals surface area contributed by atoms with Crippen LogP contribution < -0.4 is 5.01 Å². The van der Waals surface area contributed by atoms with Crippen molar-refractivity contribution in [3.63, 3.8) is 0 Å². The van der Waals surface area contributed by atoms with Gasteiger partial charge in [-0.1, -0.05) is 30.3 Å². The highest BCUT2D eigenvalue weighted by atomic mass is 16.6. The van der Waals surface area contributed by atoms with Gasteiger partial charge in [0.25, 0.3) is 5.69 Å². The molecule has 2 heterocycles. The molecule has 7 heteroatoms. The van der Waals surface area contributed by atoms with Crippen molar-refractivity contribution >= 4 is 17.1 Å². The van der Waals surface area contributed by atoms with Gasteiger partial charge in [-0.25, -0.2) is 0 Å². The Morgan fingerprint density at radius 3 is 2.46 bits per heavy atom. The fourth-order valence-electron chi connectivity index (χ4n) is 3.15. The van der Waals surface area contributed by atoms with Gasteiger partial charge < -0.3 is 0 Å². The zero-order valence-corrected chi connectivity index (χ0v) is 14.2. The first-order valence-electron chi connectivity index (χ1n) is 8.27. The van der Waals surface area contributed by atoms with Crippen molar-refractivity contribution in [3.05, 3.63) is 88.2 Å². The Morgan fingerprint density at radius 2 is 1.85 bits per heavy atom. The maximum atomic E-state index is 10.9. The predicted molar refractivity (Wildman–Crippen MR) is 99.1 cm³/mol. The summed E-state index contributed by atoms with van der Waals surface area (Å²) in [6.45, 7) is 0. The van der Waals surface area contributed by atoms with Crippen LogP contribution in [0.4, 0.5) is 11.4 Å². The first kappa shape index (κ1) is 16.0. The molecule has 0 fully saturated rings. The van der Waals surface area contributed by atoms with E-state index in [4.69, 9.17) is 5.10 Å². The molecule has 1 aromatic heterocycles. The van der Waals surface area contributed by atoms with Gasteiger partial charge in [-0.05, 0) is 17.7 Å². The van der Waals surface area contributed by atoms with Crippen LogP contribution in [0.5, 0.6) is 0 Å². The Hall–Kier alpha value is -3.48. The zero-order valence-electron chi connectivity index (χ0n) is 14.2. The second kappa shape index (κ2) is 6.44. The molecule has 7 nitrogen and oxygen atoms in total. The van der Waals surface area contributed by atoms with Crippen LogP contribution in [0.25, 0.3) is 0 Å². The fourth-order valence-corrected chi connectivity index (χ4v) is 3.15. The number of aryl methyl sites for hydroxylation is 1. The average Bonchev–Trinajstić information content (AvgIpc) is 3.29. The molecule has 4 rings (SSSR count). The molecule has 0 bridgehead atoms. The molecule has 26 heavy (non-hydrogen) atoms. The van der Waals surface area contributed by atoms with Crippen LogP contribution in [-0.4, -0.2) is 20.4 Å². The fraction of sp³-hybridized carbons (Fsp3) is 0.158. The van der Waals surface area contributed by atoms with E-state index < -0.39 is 4.92 Å². The second-order valence-corrected chi connectivity index (χ2v) is 6.20. The maximum Gasteiger partial charge on any atom is 0.269 e. The molecule has 0 aliphatic carbocycles. The lowest BCUT2D eigenvalue weighted by Gasteiger charge is -2.22. The monoisotopic (exact) mass is 347 g/mol. The van der Waals surface area contributed by atoms with E-state index in [2.05, 4.69) is 5.10 Å². The third-order valence-electron chi connectivity index (χ3n) is 4.45. The number of benzene rings is 2. The Morgan fingerprint density at radius 1 is 1.12 bits per heavy atom. The SMILES string of the molecule is Cn1cc(C2CC(c3ccccc3)=NN2c2ccc([N+](=O)[O-])cc2)cn1. The lowest BCUT2D eigenvalue weighted by atomic mass is 10.0. The number of hydrazone groups is 1. The lowest BCUT2D eigenvalue weighted by Crippen LogP contribution is -2.18. The molecule has 0 N–H and O–H groups in total. The molecule has 3 aromatic rings. The summed E-state index contributed by atoms with van der Waals surface area (Å²) in [6.07, 6.45) is 4.56. The van der Waals surface area contributed by atoms with E-state index in [-0.39, 0.29) is 11.7 Å². The van der Waals surface area contributed by atoms with Gasteiger partial charge in [-0.3, -0.25) is 19.8 Å². The molecule has 0 spiro atoms. The lowest BCUT2D eigenvalue weighted by molar-refractivity contribution is -0.384. The molecule has 2 aromatic carbocycles. The summed E-state index contributed by atoms with van der Waals surface area (Å²) >= 11 is 0. The molecule has 0 radical (unpaired) electrons. The van der Waals surface area contributed by atoms with Gasteiger partial charge in [0.1, 0.15) is 0 Å². The third kappa shape index (κ3) is 2.95. The molecular formula is C19H17N5O2. The van der Waals surface area contributed by atoms with E-state index in [1.807, 2.05) is 54.8 Å². The normalized spacial score (nSPS) is 16.6. The van der Waals surface area contributed by atoms with Crippen LogP contribution >= 0.6 is 0 Å². The number of hydrogen-bond acceptors (Lipinski definition) is 5. The maximum absolute atomic E-state index is 10.9. The third-order valence-corrected chi connectivity index (χ3v) is 4.45. The van der Waals surface area contributed by atoms with Gasteiger partial charge in [-0.15, -0.1) is 0 Å². The van der Waals surface area contributed by atoms with Crippen LogP contribution in [-0.2, 0) is 7.05 Å². The van der Waals surface area contributed by atoms with Gasteiger partial charge >= 0.3 is 0 Å². The standard InChI is InChI=1S/C19H17N5O2/c1-22-13-15(12-20-22)19-11-18(14-5-3-2-4-6-14)21-23(19)16-7-9-17(10-8-16)24(25)26/h2-10,12-13,19H,11H2,1H3. The summed E-state index contributed by atoms with van der Waals surface area (Å²) in [5.41, 5.74) is 4.00. The van der Waals surface area contributed by atoms with Crippen molar-refractivity contribution in [2.75, 3.05) is 5.01 Å². The number of non-ortho nitro benzene ring substituents is 1. The van der Waals surface area contributed by atoms with Crippen LogP contribution in [0.3, 0.4) is 0 Å². The van der Waals surface area contributed by atoms with E-state index >= 15 is 0 Å². The molecule has 0 amide bonds. The average molecular weight is 347 g/mol. The highest BCUT2D eigenvalue weighted by Gasteiger charge is 2.31. The van der Waals surface area contributed by atoms with Gasteiger partial charge in [0.05, 0.1) is 28.6 Å². The van der Waals surface area contributed by atoms with E-state index in [1.165, 1.54) is 12.1 Å². The van der Waals surface area contributed by atoms with Gasteiger partial charge in [-0.2, -0.15) is 10.2 Å². The van der Waals surface area contributed by atoms with Crippen LogP contribution in [0.15, 0.2) is 72.1 Å². The quantitative estimate of drug-likeness (QED) is 0.533. The van der Waals surface area contributed by atoms with Gasteiger partial charge in [0.15, 0.2) is 0 Å². The molecule has 1 unspecified atom stereocenters. The predicted octanol–water partition coefficient (Wildman–Crippen LogP) is 3.68. The molecule has 130 valence electrons. The topological polar surface area (TPSA) is 76.6 Å². The molecular weight excluding hydrogens is 330 g/mol. The van der Waals surface area contributed by atoms with Crippen molar-refractivity contribution in [1.82, 2.24) is 9.78 Å². The van der Waals surface area contributed by atoms with Crippen LogP contribution in [0, 0.1) is 10.1 Å². The van der Waals surface area contributed by atoms with Crippen LogP contribution in [0.2, 0.25) is 0 Å². The smallest absolute Gasteiger partial charge is 0.269 e. The summed E-state index contributed by atoms with van der Waals surface area (Å²) in [4.78, 5) is 10.5. The summed E-state index contributed by atoms with van der Waals surface area (Å²) in [6, 6.07) is 16.5. The second-order valence-electron chi connectivity index (χ2n) is 6.20. The van der Waals surface area contributed by atoms with E-state index in [9.17, 15) is 10.1 Å². The summed E-state index contributed by atoms with van der Waals surface area (Å²) < 4.78 is 1.77. The minimum Gasteiger partial charge on any atom is -0.275 e. The highest BCUT2D eigenvalue weighted by molar-refractivity contribution is 6.03. The summed E-state index contributed by atoms with van der Waals surface area (Å²) in [5.74, 6) is 0. The molecule has 1 aliphatic heterocycles. The van der Waals surface area contributed by atoms with Crippen molar-refractivity contribution < 1.29 is 4.92 Å².